The van der Waals surface area contributed by atoms with E-state index in [1.165, 1.54) is 6.42 Å². The van der Waals surface area contributed by atoms with Crippen LogP contribution in [0.4, 0.5) is 0 Å². The third kappa shape index (κ3) is 1.92. The molecule has 0 saturated carbocycles. The molecule has 2 heterocycles. The van der Waals surface area contributed by atoms with E-state index in [4.69, 9.17) is 21.1 Å². The number of nitrogens with one attached hydrogen (secondary N) is 1. The summed E-state index contributed by atoms with van der Waals surface area (Å²) in [4.78, 5) is 0. The molecule has 1 atom stereocenters. The van der Waals surface area contributed by atoms with E-state index in [1.54, 1.807) is 0 Å². The molecule has 0 radical (unpaired) electrons. The average molecular weight is 254 g/mol. The number of rotatable bonds is 1. The topological polar surface area (TPSA) is 30.5 Å². The normalized spacial score (nSPS) is 27.6. The summed E-state index contributed by atoms with van der Waals surface area (Å²) < 4.78 is 10.8. The standard InChI is InChI=1S/C13H16ClNO2/c1-13(3-2-4-15-13)10-6-12-9(5-11(10)14)7-16-8-17-12/h5-6,15H,2-4,7-8H2,1H3. The Morgan fingerprint density at radius 2 is 2.29 bits per heavy atom. The number of fused-ring (bicyclic) bond motifs is 1. The van der Waals surface area contributed by atoms with E-state index < -0.39 is 0 Å². The van der Waals surface area contributed by atoms with E-state index >= 15 is 0 Å². The van der Waals surface area contributed by atoms with Crippen LogP contribution < -0.4 is 10.1 Å². The van der Waals surface area contributed by atoms with Crippen molar-refractivity contribution in [3.05, 3.63) is 28.3 Å². The van der Waals surface area contributed by atoms with Crippen LogP contribution in [0.1, 0.15) is 30.9 Å². The number of halogens is 1. The van der Waals surface area contributed by atoms with Crippen molar-refractivity contribution in [2.45, 2.75) is 31.9 Å². The smallest absolute Gasteiger partial charge is 0.189 e. The zero-order valence-corrected chi connectivity index (χ0v) is 10.6. The first-order valence-corrected chi connectivity index (χ1v) is 6.35. The summed E-state index contributed by atoms with van der Waals surface area (Å²) in [6.45, 7) is 4.17. The average Bonchev–Trinajstić information content (AvgIpc) is 2.76. The Hall–Kier alpha value is -0.770. The molecule has 1 aromatic rings. The lowest BCUT2D eigenvalue weighted by molar-refractivity contribution is -0.0165. The molecule has 1 unspecified atom stereocenters. The maximum atomic E-state index is 6.38. The van der Waals surface area contributed by atoms with Gasteiger partial charge < -0.3 is 14.8 Å². The van der Waals surface area contributed by atoms with Gasteiger partial charge >= 0.3 is 0 Å². The van der Waals surface area contributed by atoms with Crippen molar-refractivity contribution >= 4 is 11.6 Å². The maximum absolute atomic E-state index is 6.38. The zero-order valence-electron chi connectivity index (χ0n) is 9.88. The fraction of sp³-hybridized carbons (Fsp3) is 0.538. The lowest BCUT2D eigenvalue weighted by Gasteiger charge is -2.28. The first kappa shape index (κ1) is 11.3. The molecule has 92 valence electrons. The molecule has 2 aliphatic heterocycles. The fourth-order valence-corrected chi connectivity index (χ4v) is 3.04. The van der Waals surface area contributed by atoms with Crippen molar-refractivity contribution in [3.63, 3.8) is 0 Å². The summed E-state index contributed by atoms with van der Waals surface area (Å²) in [6, 6.07) is 4.04. The van der Waals surface area contributed by atoms with E-state index in [-0.39, 0.29) is 5.54 Å². The van der Waals surface area contributed by atoms with Gasteiger partial charge in [0.25, 0.3) is 0 Å². The van der Waals surface area contributed by atoms with Gasteiger partial charge in [-0.1, -0.05) is 11.6 Å². The van der Waals surface area contributed by atoms with Gasteiger partial charge in [-0.15, -0.1) is 0 Å². The van der Waals surface area contributed by atoms with Gasteiger partial charge in [-0.2, -0.15) is 0 Å². The van der Waals surface area contributed by atoms with E-state index in [2.05, 4.69) is 18.3 Å². The predicted octanol–water partition coefficient (Wildman–Crippen LogP) is 2.81. The van der Waals surface area contributed by atoms with Crippen LogP contribution in [0.15, 0.2) is 12.1 Å². The van der Waals surface area contributed by atoms with E-state index in [0.717, 1.165) is 34.9 Å². The Morgan fingerprint density at radius 1 is 1.41 bits per heavy atom. The highest BCUT2D eigenvalue weighted by Gasteiger charge is 2.33. The maximum Gasteiger partial charge on any atom is 0.189 e. The van der Waals surface area contributed by atoms with Gasteiger partial charge in [0.2, 0.25) is 0 Å². The summed E-state index contributed by atoms with van der Waals surface area (Å²) >= 11 is 6.38. The Balaban J connectivity index is 2.04. The minimum Gasteiger partial charge on any atom is -0.467 e. The second-order valence-corrected chi connectivity index (χ2v) is 5.32. The van der Waals surface area contributed by atoms with E-state index in [1.807, 2.05) is 6.07 Å². The van der Waals surface area contributed by atoms with Crippen molar-refractivity contribution < 1.29 is 9.47 Å². The quantitative estimate of drug-likeness (QED) is 0.835. The van der Waals surface area contributed by atoms with Crippen LogP contribution in [-0.2, 0) is 16.9 Å². The number of ether oxygens (including phenoxy) is 2. The highest BCUT2D eigenvalue weighted by Crippen LogP contribution is 2.39. The molecule has 2 aliphatic rings. The van der Waals surface area contributed by atoms with Gasteiger partial charge in [0.1, 0.15) is 5.75 Å². The first-order chi connectivity index (χ1) is 8.19. The number of benzene rings is 1. The second-order valence-electron chi connectivity index (χ2n) is 4.91. The van der Waals surface area contributed by atoms with Crippen LogP contribution >= 0.6 is 11.6 Å². The Labute approximate surface area is 106 Å². The van der Waals surface area contributed by atoms with Crippen molar-refractivity contribution in [1.29, 1.82) is 0 Å². The van der Waals surface area contributed by atoms with Crippen LogP contribution in [0.5, 0.6) is 5.75 Å². The van der Waals surface area contributed by atoms with Gasteiger partial charge in [0.15, 0.2) is 6.79 Å². The molecule has 0 amide bonds. The van der Waals surface area contributed by atoms with Gasteiger partial charge in [-0.25, -0.2) is 0 Å². The summed E-state index contributed by atoms with van der Waals surface area (Å²) in [6.07, 6.45) is 2.30. The lowest BCUT2D eigenvalue weighted by atomic mass is 9.89. The molecule has 1 saturated heterocycles. The second kappa shape index (κ2) is 4.16. The molecular weight excluding hydrogens is 238 g/mol. The van der Waals surface area contributed by atoms with Crippen molar-refractivity contribution in [1.82, 2.24) is 5.32 Å². The molecule has 0 spiro atoms. The highest BCUT2D eigenvalue weighted by atomic mass is 35.5. The van der Waals surface area contributed by atoms with Gasteiger partial charge in [-0.05, 0) is 44.0 Å². The number of hydrogen-bond acceptors (Lipinski definition) is 3. The molecule has 1 N–H and O–H groups in total. The minimum absolute atomic E-state index is 0.0201. The molecule has 3 rings (SSSR count). The zero-order chi connectivity index (χ0) is 11.9. The van der Waals surface area contributed by atoms with Gasteiger partial charge in [0.05, 0.1) is 6.61 Å². The van der Waals surface area contributed by atoms with Crippen molar-refractivity contribution in [2.24, 2.45) is 0 Å². The Bertz CT molecular complexity index is 441. The van der Waals surface area contributed by atoms with Crippen LogP contribution in [0, 0.1) is 0 Å². The summed E-state index contributed by atoms with van der Waals surface area (Å²) in [5, 5.41) is 4.33. The molecule has 0 bridgehead atoms. The molecule has 4 heteroatoms. The molecule has 17 heavy (non-hydrogen) atoms. The van der Waals surface area contributed by atoms with Crippen LogP contribution in [0.3, 0.4) is 0 Å². The fourth-order valence-electron chi connectivity index (χ4n) is 2.65. The summed E-state index contributed by atoms with van der Waals surface area (Å²) in [5.74, 6) is 0.908. The summed E-state index contributed by atoms with van der Waals surface area (Å²) in [5.41, 5.74) is 2.15. The van der Waals surface area contributed by atoms with Crippen molar-refractivity contribution in [3.8, 4) is 5.75 Å². The third-order valence-corrected chi connectivity index (χ3v) is 3.98. The minimum atomic E-state index is -0.0201. The lowest BCUT2D eigenvalue weighted by Crippen LogP contribution is -2.33. The van der Waals surface area contributed by atoms with E-state index in [0.29, 0.717) is 13.4 Å². The molecular formula is C13H16ClNO2. The molecule has 0 aromatic heterocycles. The molecule has 3 nitrogen and oxygen atoms in total. The monoisotopic (exact) mass is 253 g/mol. The van der Waals surface area contributed by atoms with Crippen LogP contribution in [-0.4, -0.2) is 13.3 Å². The Kier molecular flexibility index (Phi) is 2.77. The van der Waals surface area contributed by atoms with Crippen molar-refractivity contribution in [2.75, 3.05) is 13.3 Å². The first-order valence-electron chi connectivity index (χ1n) is 5.97. The van der Waals surface area contributed by atoms with Gasteiger partial charge in [0, 0.05) is 16.1 Å². The largest absolute Gasteiger partial charge is 0.467 e. The third-order valence-electron chi connectivity index (χ3n) is 3.67. The Morgan fingerprint density at radius 3 is 3.06 bits per heavy atom. The highest BCUT2D eigenvalue weighted by molar-refractivity contribution is 6.31. The summed E-state index contributed by atoms with van der Waals surface area (Å²) in [7, 11) is 0. The predicted molar refractivity (Wildman–Crippen MR) is 66.3 cm³/mol. The molecule has 0 aliphatic carbocycles. The van der Waals surface area contributed by atoms with E-state index in [9.17, 15) is 0 Å². The molecule has 1 fully saturated rings. The molecule has 1 aromatic carbocycles. The SMILES string of the molecule is CC1(c2cc3c(cc2Cl)COCO3)CCCN1. The van der Waals surface area contributed by atoms with Crippen LogP contribution in [0.25, 0.3) is 0 Å². The number of hydrogen-bond donors (Lipinski definition) is 1. The van der Waals surface area contributed by atoms with Crippen LogP contribution in [0.2, 0.25) is 5.02 Å². The van der Waals surface area contributed by atoms with Gasteiger partial charge in [-0.3, -0.25) is 0 Å².